The van der Waals surface area contributed by atoms with Crippen LogP contribution in [0.5, 0.6) is 0 Å². The first-order chi connectivity index (χ1) is 28.5. The van der Waals surface area contributed by atoms with Crippen LogP contribution in [0.4, 0.5) is 28.4 Å². The molecule has 4 aliphatic rings. The highest BCUT2D eigenvalue weighted by molar-refractivity contribution is 7.20. The third-order valence-corrected chi connectivity index (χ3v) is 14.0. The van der Waals surface area contributed by atoms with Crippen LogP contribution in [0, 0.1) is 0 Å². The number of nitrogens with zero attached hydrogens (tertiary/aromatic N) is 2. The van der Waals surface area contributed by atoms with Crippen molar-refractivity contribution in [3.63, 3.8) is 0 Å². The highest BCUT2D eigenvalue weighted by Gasteiger charge is 2.51. The van der Waals surface area contributed by atoms with E-state index in [2.05, 4.69) is 206 Å². The molecule has 2 unspecified atom stereocenters. The molecule has 0 radical (unpaired) electrons. The minimum Gasteiger partial charge on any atom is -0.482 e. The van der Waals surface area contributed by atoms with Crippen molar-refractivity contribution < 1.29 is 4.74 Å². The molecule has 2 aliphatic heterocycles. The molecule has 1 fully saturated rings. The number of benzene rings is 7. The van der Waals surface area contributed by atoms with Crippen LogP contribution in [-0.4, -0.2) is 6.04 Å². The van der Waals surface area contributed by atoms with Gasteiger partial charge in [-0.25, -0.2) is 0 Å². The number of ether oxygens (including phenoxy) is 1. The van der Waals surface area contributed by atoms with Gasteiger partial charge in [-0.2, -0.15) is 0 Å². The lowest BCUT2D eigenvalue weighted by Gasteiger charge is -2.29. The molecule has 0 bridgehead atoms. The fourth-order valence-corrected chi connectivity index (χ4v) is 11.2. The smallest absolute Gasteiger partial charge is 0.160 e. The van der Waals surface area contributed by atoms with E-state index < -0.39 is 0 Å². The third-order valence-electron chi connectivity index (χ3n) is 12.8. The SMILES string of the molecule is CC1(C)c2ccccc2-c2ccc(-c3ccc(N(c4ccc(-c5ccccc5)cc4)c4ccc(N5c6c(sc7ccccc67)C6OC7=CCC=C7C65)cc4)cc3)cc21. The van der Waals surface area contributed by atoms with Gasteiger partial charge in [0.1, 0.15) is 11.8 Å². The van der Waals surface area contributed by atoms with E-state index in [4.69, 9.17) is 4.74 Å². The van der Waals surface area contributed by atoms with Gasteiger partial charge in [0.15, 0.2) is 6.10 Å². The van der Waals surface area contributed by atoms with Crippen molar-refractivity contribution in [3.05, 3.63) is 209 Å². The van der Waals surface area contributed by atoms with Gasteiger partial charge in [-0.1, -0.05) is 129 Å². The minimum absolute atomic E-state index is 0.00934. The second-order valence-corrected chi connectivity index (χ2v) is 17.5. The minimum atomic E-state index is -0.0390. The molecule has 0 N–H and O–H groups in total. The molecule has 2 atom stereocenters. The Kier molecular flexibility index (Phi) is 7.33. The lowest BCUT2D eigenvalue weighted by molar-refractivity contribution is 0.163. The summed E-state index contributed by atoms with van der Waals surface area (Å²) < 4.78 is 7.98. The van der Waals surface area contributed by atoms with E-state index in [1.165, 1.54) is 76.4 Å². The van der Waals surface area contributed by atoms with E-state index in [0.29, 0.717) is 0 Å². The summed E-state index contributed by atoms with van der Waals surface area (Å²) >= 11 is 1.87. The summed E-state index contributed by atoms with van der Waals surface area (Å²) in [6.07, 6.45) is 5.53. The van der Waals surface area contributed by atoms with Crippen molar-refractivity contribution in [2.24, 2.45) is 0 Å². The van der Waals surface area contributed by atoms with Gasteiger partial charge in [-0.3, -0.25) is 0 Å². The van der Waals surface area contributed by atoms with Crippen molar-refractivity contribution in [1.29, 1.82) is 0 Å². The summed E-state index contributed by atoms with van der Waals surface area (Å²) in [5.74, 6) is 1.06. The van der Waals surface area contributed by atoms with Gasteiger partial charge in [-0.05, 0) is 118 Å². The molecule has 0 spiro atoms. The third kappa shape index (κ3) is 4.98. The molecule has 12 rings (SSSR count). The molecule has 4 heteroatoms. The Hall–Kier alpha value is -6.62. The number of hydrogen-bond donors (Lipinski definition) is 0. The van der Waals surface area contributed by atoms with Gasteiger partial charge in [0, 0.05) is 43.8 Å². The fraction of sp³-hybridized carbons (Fsp3) is 0.111. The van der Waals surface area contributed by atoms with Gasteiger partial charge >= 0.3 is 0 Å². The lowest BCUT2D eigenvalue weighted by atomic mass is 9.81. The van der Waals surface area contributed by atoms with E-state index in [9.17, 15) is 0 Å². The van der Waals surface area contributed by atoms with Gasteiger partial charge < -0.3 is 14.5 Å². The Morgan fingerprint density at radius 3 is 1.95 bits per heavy atom. The Morgan fingerprint density at radius 1 is 0.586 bits per heavy atom. The zero-order chi connectivity index (χ0) is 38.5. The summed E-state index contributed by atoms with van der Waals surface area (Å²) in [5, 5.41) is 1.30. The normalized spacial score (nSPS) is 17.9. The molecule has 1 aromatic heterocycles. The average molecular weight is 765 g/mol. The molecule has 278 valence electrons. The molecule has 7 aromatic carbocycles. The molecular weight excluding hydrogens is 725 g/mol. The van der Waals surface area contributed by atoms with Crippen LogP contribution in [0.25, 0.3) is 43.5 Å². The molecule has 3 nitrogen and oxygen atoms in total. The van der Waals surface area contributed by atoms with E-state index >= 15 is 0 Å². The maximum atomic E-state index is 6.68. The predicted octanol–water partition coefficient (Wildman–Crippen LogP) is 14.8. The van der Waals surface area contributed by atoms with E-state index in [0.717, 1.165) is 29.2 Å². The monoisotopic (exact) mass is 764 g/mol. The molecule has 0 saturated carbocycles. The highest BCUT2D eigenvalue weighted by atomic mass is 32.1. The Morgan fingerprint density at radius 2 is 1.19 bits per heavy atom. The largest absolute Gasteiger partial charge is 0.482 e. The van der Waals surface area contributed by atoms with Gasteiger partial charge in [0.25, 0.3) is 0 Å². The number of rotatable bonds is 6. The topological polar surface area (TPSA) is 15.7 Å². The standard InChI is InChI=1S/C54H40N2OS/c1-54(2)46-16-8-6-13-42(46)43-32-23-37(33-47(43)54)36-21-26-39(27-22-36)55(38-24-19-35(20-25-38)34-11-4-3-5-12-34)40-28-30-41(31-29-40)56-50-44-15-10-17-48(44)57-52(50)53-51(56)45-14-7-9-18-49(45)58-53/h3-9,11-33,50,52H,10H2,1-2H3. The van der Waals surface area contributed by atoms with Crippen LogP contribution in [0.15, 0.2) is 193 Å². The second kappa shape index (κ2) is 12.7. The Balaban J connectivity index is 0.929. The first-order valence-electron chi connectivity index (χ1n) is 20.3. The van der Waals surface area contributed by atoms with Crippen LogP contribution in [0.1, 0.15) is 42.4 Å². The number of allylic oxidation sites excluding steroid dienone is 2. The maximum Gasteiger partial charge on any atom is 0.160 e. The van der Waals surface area contributed by atoms with Gasteiger partial charge in [-0.15, -0.1) is 11.3 Å². The summed E-state index contributed by atoms with van der Waals surface area (Å²) in [4.78, 5) is 6.25. The zero-order valence-electron chi connectivity index (χ0n) is 32.4. The zero-order valence-corrected chi connectivity index (χ0v) is 33.2. The average Bonchev–Trinajstić information content (AvgIpc) is 4.07. The van der Waals surface area contributed by atoms with Crippen molar-refractivity contribution in [2.75, 3.05) is 9.80 Å². The van der Waals surface area contributed by atoms with Crippen LogP contribution < -0.4 is 9.80 Å². The molecule has 3 heterocycles. The van der Waals surface area contributed by atoms with Crippen molar-refractivity contribution in [2.45, 2.75) is 37.8 Å². The second-order valence-electron chi connectivity index (χ2n) is 16.4. The number of thiophene rings is 1. The number of hydrogen-bond acceptors (Lipinski definition) is 4. The Labute approximate surface area is 343 Å². The quantitative estimate of drug-likeness (QED) is 0.168. The van der Waals surface area contributed by atoms with Gasteiger partial charge in [0.2, 0.25) is 0 Å². The first kappa shape index (κ1) is 33.5. The van der Waals surface area contributed by atoms with Crippen LogP contribution in [-0.2, 0) is 10.2 Å². The van der Waals surface area contributed by atoms with Crippen LogP contribution >= 0.6 is 11.3 Å². The van der Waals surface area contributed by atoms with Crippen LogP contribution in [0.2, 0.25) is 0 Å². The molecule has 58 heavy (non-hydrogen) atoms. The molecular formula is C54H40N2OS. The molecule has 1 saturated heterocycles. The van der Waals surface area contributed by atoms with E-state index in [1.807, 2.05) is 11.3 Å². The summed E-state index contributed by atoms with van der Waals surface area (Å²) in [6, 6.07) is 62.6. The highest BCUT2D eigenvalue weighted by Crippen LogP contribution is 2.60. The first-order valence-corrected chi connectivity index (χ1v) is 21.1. The Bertz CT molecular complexity index is 2970. The maximum absolute atomic E-state index is 6.68. The van der Waals surface area contributed by atoms with E-state index in [1.54, 1.807) is 0 Å². The van der Waals surface area contributed by atoms with Crippen molar-refractivity contribution >= 4 is 49.9 Å². The number of anilines is 5. The van der Waals surface area contributed by atoms with Crippen molar-refractivity contribution in [3.8, 4) is 33.4 Å². The van der Waals surface area contributed by atoms with Crippen molar-refractivity contribution in [1.82, 2.24) is 0 Å². The molecule has 2 aliphatic carbocycles. The summed E-state index contributed by atoms with van der Waals surface area (Å²) in [7, 11) is 0. The number of fused-ring (bicyclic) bond motifs is 10. The van der Waals surface area contributed by atoms with Crippen LogP contribution in [0.3, 0.4) is 0 Å². The van der Waals surface area contributed by atoms with E-state index in [-0.39, 0.29) is 17.6 Å². The predicted molar refractivity (Wildman–Crippen MR) is 242 cm³/mol. The summed E-state index contributed by atoms with van der Waals surface area (Å²) in [6.45, 7) is 4.70. The summed E-state index contributed by atoms with van der Waals surface area (Å²) in [5.41, 5.74) is 17.4. The molecule has 8 aromatic rings. The van der Waals surface area contributed by atoms with Gasteiger partial charge in [0.05, 0.1) is 10.6 Å². The fourth-order valence-electron chi connectivity index (χ4n) is 9.98. The molecule has 0 amide bonds. The lowest BCUT2D eigenvalue weighted by Crippen LogP contribution is -2.28.